The van der Waals surface area contributed by atoms with Crippen LogP contribution >= 0.6 is 35.0 Å². The molecule has 0 spiro atoms. The summed E-state index contributed by atoms with van der Waals surface area (Å²) in [6.07, 6.45) is 0. The fourth-order valence-electron chi connectivity index (χ4n) is 2.15. The zero-order chi connectivity index (χ0) is 19.6. The first-order valence-electron chi connectivity index (χ1n) is 8.16. The lowest BCUT2D eigenvalue weighted by atomic mass is 10.2. The summed E-state index contributed by atoms with van der Waals surface area (Å²) in [6.45, 7) is 0.476. The van der Waals surface area contributed by atoms with Gasteiger partial charge in [0.25, 0.3) is 5.91 Å². The van der Waals surface area contributed by atoms with Crippen molar-refractivity contribution in [3.05, 3.63) is 52.0 Å². The summed E-state index contributed by atoms with van der Waals surface area (Å²) in [4.78, 5) is 11.9. The van der Waals surface area contributed by atoms with Crippen LogP contribution in [0.3, 0.4) is 0 Å². The van der Waals surface area contributed by atoms with E-state index in [1.54, 1.807) is 50.2 Å². The number of carbonyl (C=O) groups is 1. The summed E-state index contributed by atoms with van der Waals surface area (Å²) in [5.41, 5.74) is 1.09. The lowest BCUT2D eigenvalue weighted by Crippen LogP contribution is -2.30. The van der Waals surface area contributed by atoms with E-state index in [-0.39, 0.29) is 12.5 Å². The molecule has 0 atom stereocenters. The first kappa shape index (κ1) is 21.5. The van der Waals surface area contributed by atoms with Gasteiger partial charge < -0.3 is 19.5 Å². The van der Waals surface area contributed by atoms with Gasteiger partial charge in [0.2, 0.25) is 0 Å². The average Bonchev–Trinajstić information content (AvgIpc) is 2.68. The molecule has 0 heterocycles. The number of thioether (sulfide) groups is 1. The summed E-state index contributed by atoms with van der Waals surface area (Å²) in [5.74, 6) is 3.10. The average molecular weight is 430 g/mol. The third-order valence-electron chi connectivity index (χ3n) is 3.52. The minimum atomic E-state index is -0.188. The van der Waals surface area contributed by atoms with Crippen molar-refractivity contribution in [2.24, 2.45) is 0 Å². The number of halogens is 2. The predicted molar refractivity (Wildman–Crippen MR) is 111 cm³/mol. The Labute approximate surface area is 173 Å². The molecular weight excluding hydrogens is 409 g/mol. The predicted octanol–water partition coefficient (Wildman–Crippen LogP) is 4.44. The summed E-state index contributed by atoms with van der Waals surface area (Å²) in [5, 5.41) is 3.92. The van der Waals surface area contributed by atoms with Gasteiger partial charge in [0.1, 0.15) is 17.2 Å². The minimum absolute atomic E-state index is 0.0756. The van der Waals surface area contributed by atoms with Gasteiger partial charge in [-0.2, -0.15) is 11.8 Å². The maximum absolute atomic E-state index is 11.9. The molecule has 2 rings (SSSR count). The molecule has 146 valence electrons. The van der Waals surface area contributed by atoms with E-state index < -0.39 is 0 Å². The third kappa shape index (κ3) is 7.40. The molecule has 0 aliphatic heterocycles. The summed E-state index contributed by atoms with van der Waals surface area (Å²) >= 11 is 13.6. The molecule has 2 aromatic rings. The molecule has 0 saturated carbocycles. The number of hydrogen-bond donors (Lipinski definition) is 1. The van der Waals surface area contributed by atoms with Crippen LogP contribution in [0.25, 0.3) is 0 Å². The lowest BCUT2D eigenvalue weighted by molar-refractivity contribution is -0.122. The highest BCUT2D eigenvalue weighted by atomic mass is 35.5. The first-order valence-corrected chi connectivity index (χ1v) is 10.1. The number of benzene rings is 2. The molecular formula is C19H21Cl2NO4S. The van der Waals surface area contributed by atoms with E-state index in [4.69, 9.17) is 37.4 Å². The zero-order valence-electron chi connectivity index (χ0n) is 15.1. The fourth-order valence-corrected chi connectivity index (χ4v) is 3.27. The van der Waals surface area contributed by atoms with Crippen LogP contribution in [0, 0.1) is 0 Å². The van der Waals surface area contributed by atoms with E-state index in [0.717, 1.165) is 17.1 Å². The minimum Gasteiger partial charge on any atom is -0.496 e. The standard InChI is InChI=1S/C19H21Cl2NO4S/c1-24-14-8-15(25-2)10-16(9-14)26-11-19(23)22-5-6-27-12-13-3-4-17(20)18(21)7-13/h3-4,7-10H,5-6,11-12H2,1-2H3,(H,22,23). The van der Waals surface area contributed by atoms with Crippen molar-refractivity contribution in [3.63, 3.8) is 0 Å². The molecule has 0 aliphatic rings. The van der Waals surface area contributed by atoms with Gasteiger partial charge in [0.15, 0.2) is 6.61 Å². The van der Waals surface area contributed by atoms with Crippen LogP contribution in [0.5, 0.6) is 17.2 Å². The Balaban J connectivity index is 1.67. The van der Waals surface area contributed by atoms with Crippen molar-refractivity contribution in [1.29, 1.82) is 0 Å². The molecule has 0 bridgehead atoms. The quantitative estimate of drug-likeness (QED) is 0.565. The van der Waals surface area contributed by atoms with Gasteiger partial charge in [-0.15, -0.1) is 0 Å². The van der Waals surface area contributed by atoms with Crippen molar-refractivity contribution >= 4 is 40.9 Å². The molecule has 0 fully saturated rings. The Morgan fingerprint density at radius 1 is 1.00 bits per heavy atom. The normalized spacial score (nSPS) is 10.4. The van der Waals surface area contributed by atoms with Crippen LogP contribution in [0.2, 0.25) is 10.0 Å². The van der Waals surface area contributed by atoms with Crippen LogP contribution in [0.1, 0.15) is 5.56 Å². The second-order valence-corrected chi connectivity index (χ2v) is 7.41. The monoisotopic (exact) mass is 429 g/mol. The van der Waals surface area contributed by atoms with Crippen LogP contribution in [0.4, 0.5) is 0 Å². The fraction of sp³-hybridized carbons (Fsp3) is 0.316. The topological polar surface area (TPSA) is 56.8 Å². The van der Waals surface area contributed by atoms with Crippen LogP contribution in [-0.4, -0.2) is 39.0 Å². The van der Waals surface area contributed by atoms with Crippen LogP contribution < -0.4 is 19.5 Å². The Hall–Kier alpha value is -1.76. The highest BCUT2D eigenvalue weighted by Crippen LogP contribution is 2.27. The molecule has 27 heavy (non-hydrogen) atoms. The third-order valence-corrected chi connectivity index (χ3v) is 5.29. The zero-order valence-corrected chi connectivity index (χ0v) is 17.4. The molecule has 0 unspecified atom stereocenters. The molecule has 1 N–H and O–H groups in total. The van der Waals surface area contributed by atoms with Crippen molar-refractivity contribution in [2.75, 3.05) is 33.1 Å². The SMILES string of the molecule is COc1cc(OC)cc(OCC(=O)NCCSCc2ccc(Cl)c(Cl)c2)c1. The van der Waals surface area contributed by atoms with E-state index in [1.165, 1.54) is 0 Å². The molecule has 0 aromatic heterocycles. The smallest absolute Gasteiger partial charge is 0.257 e. The van der Waals surface area contributed by atoms with Crippen molar-refractivity contribution < 1.29 is 19.0 Å². The van der Waals surface area contributed by atoms with Gasteiger partial charge >= 0.3 is 0 Å². The Kier molecular flexibility index (Phi) is 8.91. The van der Waals surface area contributed by atoms with E-state index in [0.29, 0.717) is 33.8 Å². The first-order chi connectivity index (χ1) is 13.0. The molecule has 0 saturated heterocycles. The second kappa shape index (κ2) is 11.2. The maximum atomic E-state index is 11.9. The van der Waals surface area contributed by atoms with E-state index in [2.05, 4.69) is 5.32 Å². The number of nitrogens with one attached hydrogen (secondary N) is 1. The van der Waals surface area contributed by atoms with Crippen molar-refractivity contribution in [2.45, 2.75) is 5.75 Å². The summed E-state index contributed by atoms with van der Waals surface area (Å²) in [6, 6.07) is 10.7. The number of ether oxygens (including phenoxy) is 3. The van der Waals surface area contributed by atoms with Gasteiger partial charge in [-0.25, -0.2) is 0 Å². The summed E-state index contributed by atoms with van der Waals surface area (Å²) in [7, 11) is 3.11. The molecule has 0 aliphatic carbocycles. The van der Waals surface area contributed by atoms with E-state index in [9.17, 15) is 4.79 Å². The number of rotatable bonds is 10. The van der Waals surface area contributed by atoms with E-state index >= 15 is 0 Å². The summed E-state index contributed by atoms with van der Waals surface area (Å²) < 4.78 is 15.8. The van der Waals surface area contributed by atoms with Gasteiger partial charge in [0, 0.05) is 36.2 Å². The number of amides is 1. The van der Waals surface area contributed by atoms with Crippen LogP contribution in [-0.2, 0) is 10.5 Å². The van der Waals surface area contributed by atoms with Gasteiger partial charge in [0.05, 0.1) is 24.3 Å². The van der Waals surface area contributed by atoms with Crippen LogP contribution in [0.15, 0.2) is 36.4 Å². The highest BCUT2D eigenvalue weighted by molar-refractivity contribution is 7.98. The number of carbonyl (C=O) groups excluding carboxylic acids is 1. The van der Waals surface area contributed by atoms with Gasteiger partial charge in [-0.3, -0.25) is 4.79 Å². The Bertz CT molecular complexity index is 751. The molecule has 5 nitrogen and oxygen atoms in total. The van der Waals surface area contributed by atoms with Crippen molar-refractivity contribution in [3.8, 4) is 17.2 Å². The Morgan fingerprint density at radius 2 is 1.67 bits per heavy atom. The molecule has 8 heteroatoms. The van der Waals surface area contributed by atoms with Gasteiger partial charge in [-0.05, 0) is 17.7 Å². The number of methoxy groups -OCH3 is 2. The lowest BCUT2D eigenvalue weighted by Gasteiger charge is -2.10. The van der Waals surface area contributed by atoms with Gasteiger partial charge in [-0.1, -0.05) is 29.3 Å². The van der Waals surface area contributed by atoms with Crippen molar-refractivity contribution in [1.82, 2.24) is 5.32 Å². The van der Waals surface area contributed by atoms with E-state index in [1.807, 2.05) is 12.1 Å². The molecule has 2 aromatic carbocycles. The number of hydrogen-bond acceptors (Lipinski definition) is 5. The highest BCUT2D eigenvalue weighted by Gasteiger charge is 2.06. The molecule has 1 amide bonds. The Morgan fingerprint density at radius 3 is 2.30 bits per heavy atom. The largest absolute Gasteiger partial charge is 0.496 e. The second-order valence-electron chi connectivity index (χ2n) is 5.49. The maximum Gasteiger partial charge on any atom is 0.257 e. The molecule has 0 radical (unpaired) electrons.